The third-order valence-electron chi connectivity index (χ3n) is 3.79. The summed E-state index contributed by atoms with van der Waals surface area (Å²) in [6.45, 7) is 1.51. The van der Waals surface area contributed by atoms with Crippen LogP contribution in [0.5, 0.6) is 0 Å². The molecule has 0 amide bonds. The Balaban J connectivity index is 2.19. The van der Waals surface area contributed by atoms with Crippen molar-refractivity contribution in [3.63, 3.8) is 0 Å². The lowest BCUT2D eigenvalue weighted by molar-refractivity contribution is -0.144. The first kappa shape index (κ1) is 21.6. The molecular weight excluding hydrogens is 432 g/mol. The van der Waals surface area contributed by atoms with Crippen LogP contribution in [0.1, 0.15) is 17.0 Å². The van der Waals surface area contributed by atoms with Gasteiger partial charge in [0.25, 0.3) is 5.82 Å². The van der Waals surface area contributed by atoms with Crippen LogP contribution in [0.2, 0.25) is 0 Å². The van der Waals surface area contributed by atoms with Crippen molar-refractivity contribution < 1.29 is 26.3 Å². The number of nitriles is 1. The van der Waals surface area contributed by atoms with E-state index in [0.717, 1.165) is 4.68 Å². The number of nitrogens with zero attached hydrogens (tertiary/aromatic N) is 5. The van der Waals surface area contributed by atoms with Crippen LogP contribution in [0.15, 0.2) is 41.4 Å². The molecule has 1 aromatic carbocycles. The summed E-state index contributed by atoms with van der Waals surface area (Å²) < 4.78 is 78.5. The third kappa shape index (κ3) is 4.73. The Hall–Kier alpha value is -3.07. The largest absolute Gasteiger partial charge is 0.453 e. The lowest BCUT2D eigenvalue weighted by Crippen LogP contribution is -2.11. The van der Waals surface area contributed by atoms with E-state index < -0.39 is 23.9 Å². The molecule has 0 aliphatic heterocycles. The molecule has 0 aliphatic carbocycles. The van der Waals surface area contributed by atoms with Gasteiger partial charge in [-0.1, -0.05) is 6.07 Å². The summed E-state index contributed by atoms with van der Waals surface area (Å²) >= 11 is 0.363. The normalized spacial score (nSPS) is 12.1. The van der Waals surface area contributed by atoms with Gasteiger partial charge < -0.3 is 0 Å². The first-order valence-corrected chi connectivity index (χ1v) is 9.18. The Bertz CT molecular complexity index is 1100. The number of thioether (sulfide) groups is 1. The van der Waals surface area contributed by atoms with Crippen molar-refractivity contribution in [2.45, 2.75) is 24.2 Å². The van der Waals surface area contributed by atoms with Crippen LogP contribution in [0.4, 0.5) is 26.3 Å². The highest BCUT2D eigenvalue weighted by Crippen LogP contribution is 2.34. The molecule has 0 spiro atoms. The summed E-state index contributed by atoms with van der Waals surface area (Å²) in [5, 5.41) is 12.8. The molecule has 0 atom stereocenters. The number of aryl methyl sites for hydroxylation is 1. The minimum absolute atomic E-state index is 0.0268. The predicted molar refractivity (Wildman–Crippen MR) is 95.8 cm³/mol. The molecule has 0 radical (unpaired) electrons. The van der Waals surface area contributed by atoms with Gasteiger partial charge in [0.1, 0.15) is 11.8 Å². The lowest BCUT2D eigenvalue weighted by Gasteiger charge is -2.13. The van der Waals surface area contributed by atoms with Gasteiger partial charge in [-0.25, -0.2) is 9.67 Å². The van der Waals surface area contributed by atoms with Crippen molar-refractivity contribution in [3.05, 3.63) is 53.5 Å². The molecule has 3 rings (SSSR count). The molecule has 0 bridgehead atoms. The maximum atomic E-state index is 13.2. The smallest absolute Gasteiger partial charge is 0.253 e. The minimum atomic E-state index is -4.84. The zero-order chi connectivity index (χ0) is 22.1. The summed E-state index contributed by atoms with van der Waals surface area (Å²) in [6.07, 6.45) is -7.97. The fourth-order valence-electron chi connectivity index (χ4n) is 2.53. The standard InChI is InChI=1S/C18H11F6N5S/c1-10-6-11(8-25)14(30-9-17(19,20)21)7-13(10)29-15(12-4-2-3-5-26-12)27-16(28-29)18(22,23)24/h2-7H,9H2,1H3. The van der Waals surface area contributed by atoms with Crippen LogP contribution in [-0.4, -0.2) is 31.7 Å². The van der Waals surface area contributed by atoms with Gasteiger partial charge in [-0.15, -0.1) is 16.9 Å². The first-order valence-electron chi connectivity index (χ1n) is 8.20. The maximum Gasteiger partial charge on any atom is 0.453 e. The van der Waals surface area contributed by atoms with E-state index in [9.17, 15) is 31.6 Å². The fourth-order valence-corrected chi connectivity index (χ4v) is 3.31. The van der Waals surface area contributed by atoms with Gasteiger partial charge in [-0.2, -0.15) is 31.6 Å². The van der Waals surface area contributed by atoms with Gasteiger partial charge in [0.2, 0.25) is 0 Å². The summed E-state index contributed by atoms with van der Waals surface area (Å²) in [4.78, 5) is 7.49. The SMILES string of the molecule is Cc1cc(C#N)c(SCC(F)(F)F)cc1-n1nc(C(F)(F)F)nc1-c1ccccn1. The Kier molecular flexibility index (Phi) is 5.76. The Morgan fingerprint density at radius 1 is 1.13 bits per heavy atom. The van der Waals surface area contributed by atoms with Gasteiger partial charge in [0.05, 0.1) is 17.0 Å². The first-order chi connectivity index (χ1) is 14.0. The average molecular weight is 443 g/mol. The van der Waals surface area contributed by atoms with Crippen LogP contribution < -0.4 is 0 Å². The molecule has 2 aromatic heterocycles. The minimum Gasteiger partial charge on any atom is -0.253 e. The van der Waals surface area contributed by atoms with Crippen LogP contribution in [0.3, 0.4) is 0 Å². The summed E-state index contributed by atoms with van der Waals surface area (Å²) in [5.74, 6) is -2.92. The van der Waals surface area contributed by atoms with E-state index in [0.29, 0.717) is 17.3 Å². The fraction of sp³-hybridized carbons (Fsp3) is 0.222. The number of benzene rings is 1. The Labute approximate surface area is 170 Å². The van der Waals surface area contributed by atoms with Crippen LogP contribution >= 0.6 is 11.8 Å². The third-order valence-corrected chi connectivity index (χ3v) is 4.91. The molecule has 0 saturated carbocycles. The van der Waals surface area contributed by atoms with E-state index in [4.69, 9.17) is 0 Å². The van der Waals surface area contributed by atoms with Crippen LogP contribution in [0, 0.1) is 18.3 Å². The summed E-state index contributed by atoms with van der Waals surface area (Å²) in [6, 6.07) is 8.84. The van der Waals surface area contributed by atoms with Gasteiger partial charge in [-0.05, 0) is 36.8 Å². The quantitative estimate of drug-likeness (QED) is 0.411. The van der Waals surface area contributed by atoms with E-state index in [1.54, 1.807) is 18.2 Å². The highest BCUT2D eigenvalue weighted by molar-refractivity contribution is 7.99. The average Bonchev–Trinajstić information content (AvgIpc) is 3.12. The lowest BCUT2D eigenvalue weighted by atomic mass is 10.1. The van der Waals surface area contributed by atoms with E-state index in [-0.39, 0.29) is 27.7 Å². The number of halogens is 6. The number of hydrogen-bond acceptors (Lipinski definition) is 5. The molecule has 2 heterocycles. The molecule has 156 valence electrons. The molecule has 12 heteroatoms. The van der Waals surface area contributed by atoms with Gasteiger partial charge >= 0.3 is 12.4 Å². The van der Waals surface area contributed by atoms with Crippen LogP contribution in [-0.2, 0) is 6.18 Å². The molecule has 30 heavy (non-hydrogen) atoms. The Morgan fingerprint density at radius 3 is 2.43 bits per heavy atom. The van der Waals surface area contributed by atoms with Crippen molar-refractivity contribution in [1.82, 2.24) is 19.7 Å². The monoisotopic (exact) mass is 443 g/mol. The molecule has 0 N–H and O–H groups in total. The van der Waals surface area contributed by atoms with Gasteiger partial charge in [-0.3, -0.25) is 4.98 Å². The molecule has 0 saturated heterocycles. The van der Waals surface area contributed by atoms with E-state index >= 15 is 0 Å². The second-order valence-corrected chi connectivity index (χ2v) is 7.05. The number of hydrogen-bond donors (Lipinski definition) is 0. The van der Waals surface area contributed by atoms with Crippen molar-refractivity contribution >= 4 is 11.8 Å². The van der Waals surface area contributed by atoms with Crippen molar-refractivity contribution in [1.29, 1.82) is 5.26 Å². The van der Waals surface area contributed by atoms with Crippen molar-refractivity contribution in [2.75, 3.05) is 5.75 Å². The number of pyridine rings is 1. The predicted octanol–water partition coefficient (Wildman–Crippen LogP) is 5.18. The second-order valence-electron chi connectivity index (χ2n) is 6.03. The number of rotatable bonds is 4. The van der Waals surface area contributed by atoms with Gasteiger partial charge in [0.15, 0.2) is 5.82 Å². The van der Waals surface area contributed by atoms with Crippen molar-refractivity contribution in [3.8, 4) is 23.3 Å². The molecule has 0 fully saturated rings. The molecule has 3 aromatic rings. The Morgan fingerprint density at radius 2 is 1.87 bits per heavy atom. The molecule has 0 unspecified atom stereocenters. The highest BCUT2D eigenvalue weighted by atomic mass is 32.2. The van der Waals surface area contributed by atoms with Crippen LogP contribution in [0.25, 0.3) is 17.2 Å². The van der Waals surface area contributed by atoms with Gasteiger partial charge in [0, 0.05) is 11.1 Å². The van der Waals surface area contributed by atoms with E-state index in [1.165, 1.54) is 31.3 Å². The number of aromatic nitrogens is 4. The second kappa shape index (κ2) is 7.98. The summed E-state index contributed by atoms with van der Waals surface area (Å²) in [7, 11) is 0. The van der Waals surface area contributed by atoms with E-state index in [2.05, 4.69) is 15.1 Å². The van der Waals surface area contributed by atoms with E-state index in [1.807, 2.05) is 0 Å². The zero-order valence-corrected chi connectivity index (χ0v) is 15.9. The molecule has 0 aliphatic rings. The highest BCUT2D eigenvalue weighted by Gasteiger charge is 2.38. The molecular formula is C18H11F6N5S. The number of alkyl halides is 6. The maximum absolute atomic E-state index is 13.2. The zero-order valence-electron chi connectivity index (χ0n) is 15.1. The summed E-state index contributed by atoms with van der Waals surface area (Å²) in [5.41, 5.74) is 0.454. The van der Waals surface area contributed by atoms with Crippen molar-refractivity contribution in [2.24, 2.45) is 0 Å². The topological polar surface area (TPSA) is 67.4 Å². The molecule has 5 nitrogen and oxygen atoms in total.